The zero-order chi connectivity index (χ0) is 31.9. The van der Waals surface area contributed by atoms with Gasteiger partial charge in [0.05, 0.1) is 29.8 Å². The van der Waals surface area contributed by atoms with Crippen LogP contribution in [0, 0.1) is 11.3 Å². The highest BCUT2D eigenvalue weighted by molar-refractivity contribution is 5.99. The van der Waals surface area contributed by atoms with Crippen molar-refractivity contribution < 1.29 is 4.74 Å². The summed E-state index contributed by atoms with van der Waals surface area (Å²) in [5.74, 6) is 0.903. The summed E-state index contributed by atoms with van der Waals surface area (Å²) < 4.78 is 10.2. The van der Waals surface area contributed by atoms with Crippen LogP contribution in [0.25, 0.3) is 44.1 Å². The van der Waals surface area contributed by atoms with E-state index in [1.165, 1.54) is 49.6 Å². The Morgan fingerprint density at radius 2 is 1.17 bits per heavy atom. The van der Waals surface area contributed by atoms with Gasteiger partial charge in [-0.3, -0.25) is 0 Å². The fourth-order valence-corrected chi connectivity index (χ4v) is 7.28. The fourth-order valence-electron chi connectivity index (χ4n) is 7.28. The molecular formula is C40H41N5O. The lowest BCUT2D eigenvalue weighted by atomic mass is 9.97. The Hall–Kier alpha value is -4.83. The van der Waals surface area contributed by atoms with Gasteiger partial charge in [-0.15, -0.1) is 0 Å². The highest BCUT2D eigenvalue weighted by Crippen LogP contribution is 2.38. The van der Waals surface area contributed by atoms with Crippen molar-refractivity contribution in [3.05, 3.63) is 114 Å². The van der Waals surface area contributed by atoms with Crippen molar-refractivity contribution >= 4 is 21.8 Å². The topological polar surface area (TPSA) is 49.4 Å². The van der Waals surface area contributed by atoms with Crippen LogP contribution in [0.2, 0.25) is 0 Å². The standard InChI is InChI=1S/C20H19N3.C20H22N2O/c1-22(2)17-10-16-7-4-8-18-19(13-23(12-17)20(16)18)15-6-3-5-14(9-15)11-21;1-21(2)16-10-15-7-5-9-18-19(13-22(12-16)20(15)18)14-6-4-8-17(11-14)23-3/h3-9,13,17H,10,12H2,1-2H3;4-9,11,13,16H,10,12H2,1-3H3. The first-order chi connectivity index (χ1) is 22.3. The first-order valence-corrected chi connectivity index (χ1v) is 16.0. The molecule has 0 bridgehead atoms. The number of benzene rings is 4. The average Bonchev–Trinajstić information content (AvgIpc) is 3.65. The number of para-hydroxylation sites is 2. The minimum Gasteiger partial charge on any atom is -0.497 e. The molecule has 6 heteroatoms. The van der Waals surface area contributed by atoms with Gasteiger partial charge in [-0.2, -0.15) is 5.26 Å². The van der Waals surface area contributed by atoms with Gasteiger partial charge in [0.1, 0.15) is 5.75 Å². The van der Waals surface area contributed by atoms with Gasteiger partial charge in [0.15, 0.2) is 0 Å². The van der Waals surface area contributed by atoms with Crippen molar-refractivity contribution in [2.75, 3.05) is 35.3 Å². The third kappa shape index (κ3) is 5.36. The van der Waals surface area contributed by atoms with E-state index in [4.69, 9.17) is 10.00 Å². The zero-order valence-corrected chi connectivity index (χ0v) is 27.4. The highest BCUT2D eigenvalue weighted by atomic mass is 16.5. The maximum Gasteiger partial charge on any atom is 0.119 e. The maximum absolute atomic E-state index is 9.16. The molecule has 6 aromatic rings. The predicted molar refractivity (Wildman–Crippen MR) is 188 cm³/mol. The van der Waals surface area contributed by atoms with Gasteiger partial charge in [0.25, 0.3) is 0 Å². The molecule has 2 atom stereocenters. The van der Waals surface area contributed by atoms with Crippen LogP contribution >= 0.6 is 0 Å². The largest absolute Gasteiger partial charge is 0.497 e. The van der Waals surface area contributed by atoms with Gasteiger partial charge in [0.2, 0.25) is 0 Å². The monoisotopic (exact) mass is 607 g/mol. The molecule has 0 spiro atoms. The average molecular weight is 608 g/mol. The Morgan fingerprint density at radius 3 is 1.67 bits per heavy atom. The first-order valence-electron chi connectivity index (χ1n) is 16.0. The van der Waals surface area contributed by atoms with Crippen LogP contribution in [0.4, 0.5) is 0 Å². The van der Waals surface area contributed by atoms with E-state index >= 15 is 0 Å². The van der Waals surface area contributed by atoms with E-state index in [1.807, 2.05) is 24.3 Å². The second-order valence-electron chi connectivity index (χ2n) is 13.1. The van der Waals surface area contributed by atoms with Gasteiger partial charge in [-0.1, -0.05) is 60.7 Å². The lowest BCUT2D eigenvalue weighted by Gasteiger charge is -2.29. The summed E-state index contributed by atoms with van der Waals surface area (Å²) >= 11 is 0. The molecule has 4 aromatic carbocycles. The van der Waals surface area contributed by atoms with E-state index in [1.54, 1.807) is 7.11 Å². The molecule has 232 valence electrons. The van der Waals surface area contributed by atoms with Crippen LogP contribution in [0.1, 0.15) is 16.7 Å². The van der Waals surface area contributed by atoms with E-state index < -0.39 is 0 Å². The fraction of sp³-hybridized carbons (Fsp3) is 0.275. The normalized spacial score (nSPS) is 16.8. The predicted octanol–water partition coefficient (Wildman–Crippen LogP) is 7.47. The summed E-state index contributed by atoms with van der Waals surface area (Å²) in [5, 5.41) is 11.8. The Balaban J connectivity index is 0.000000147. The molecule has 0 radical (unpaired) electrons. The van der Waals surface area contributed by atoms with E-state index in [-0.39, 0.29) is 0 Å². The molecule has 0 N–H and O–H groups in total. The summed E-state index contributed by atoms with van der Waals surface area (Å²) in [6.07, 6.45) is 6.76. The number of likely N-dealkylation sites (N-methyl/N-ethyl adjacent to an activating group) is 2. The van der Waals surface area contributed by atoms with Crippen molar-refractivity contribution in [3.8, 4) is 34.1 Å². The summed E-state index contributed by atoms with van der Waals surface area (Å²) in [6.45, 7) is 2.06. The summed E-state index contributed by atoms with van der Waals surface area (Å²) in [5.41, 5.74) is 11.2. The van der Waals surface area contributed by atoms with Gasteiger partial charge < -0.3 is 23.7 Å². The number of hydrogen-bond donors (Lipinski definition) is 0. The van der Waals surface area contributed by atoms with Crippen molar-refractivity contribution in [1.29, 1.82) is 5.26 Å². The lowest BCUT2D eigenvalue weighted by Crippen LogP contribution is -2.36. The van der Waals surface area contributed by atoms with Crippen molar-refractivity contribution in [3.63, 3.8) is 0 Å². The molecule has 0 saturated heterocycles. The number of aromatic nitrogens is 2. The number of nitriles is 1. The zero-order valence-electron chi connectivity index (χ0n) is 27.4. The van der Waals surface area contributed by atoms with E-state index in [0.29, 0.717) is 17.6 Å². The Labute approximate surface area is 271 Å². The third-order valence-corrected chi connectivity index (χ3v) is 9.83. The third-order valence-electron chi connectivity index (χ3n) is 9.83. The van der Waals surface area contributed by atoms with Crippen LogP contribution < -0.4 is 4.74 Å². The molecule has 4 heterocycles. The second kappa shape index (κ2) is 12.2. The Bertz CT molecular complexity index is 2090. The van der Waals surface area contributed by atoms with Crippen LogP contribution in [-0.4, -0.2) is 66.3 Å². The number of ether oxygens (including phenoxy) is 1. The number of methoxy groups -OCH3 is 1. The van der Waals surface area contributed by atoms with E-state index in [9.17, 15) is 0 Å². The van der Waals surface area contributed by atoms with Gasteiger partial charge in [0, 0.05) is 59.5 Å². The molecule has 0 saturated carbocycles. The molecule has 2 aliphatic heterocycles. The Kier molecular flexibility index (Phi) is 7.90. The quantitative estimate of drug-likeness (QED) is 0.204. The molecule has 8 rings (SSSR count). The molecule has 0 amide bonds. The van der Waals surface area contributed by atoms with Crippen molar-refractivity contribution in [2.24, 2.45) is 0 Å². The minimum absolute atomic E-state index is 0.527. The SMILES string of the molecule is CN(C)C1Cc2cccc3c(-c4cccc(C#N)c4)cn(c23)C1.COc1cccc(-c2cn3c4c(cccc24)CC(N(C)C)C3)c1. The minimum atomic E-state index is 0.527. The van der Waals surface area contributed by atoms with Crippen LogP contribution in [0.15, 0.2) is 97.3 Å². The number of rotatable bonds is 5. The molecule has 0 fully saturated rings. The van der Waals surface area contributed by atoms with Crippen molar-refractivity contribution in [1.82, 2.24) is 18.9 Å². The van der Waals surface area contributed by atoms with Crippen LogP contribution in [-0.2, 0) is 25.9 Å². The first kappa shape index (κ1) is 29.9. The maximum atomic E-state index is 9.16. The van der Waals surface area contributed by atoms with Crippen LogP contribution in [0.3, 0.4) is 0 Å². The molecule has 46 heavy (non-hydrogen) atoms. The highest BCUT2D eigenvalue weighted by Gasteiger charge is 2.25. The molecule has 2 aromatic heterocycles. The molecule has 6 nitrogen and oxygen atoms in total. The van der Waals surface area contributed by atoms with Crippen LogP contribution in [0.5, 0.6) is 5.75 Å². The summed E-state index contributed by atoms with van der Waals surface area (Å²) in [7, 11) is 10.4. The van der Waals surface area contributed by atoms with E-state index in [2.05, 4.69) is 126 Å². The molecule has 2 unspecified atom stereocenters. The smallest absolute Gasteiger partial charge is 0.119 e. The van der Waals surface area contributed by atoms with Gasteiger partial charge in [-0.05, 0) is 87.6 Å². The van der Waals surface area contributed by atoms with Crippen molar-refractivity contribution in [2.45, 2.75) is 38.0 Å². The van der Waals surface area contributed by atoms with Gasteiger partial charge in [-0.25, -0.2) is 0 Å². The number of hydrogen-bond acceptors (Lipinski definition) is 4. The Morgan fingerprint density at radius 1 is 0.674 bits per heavy atom. The molecule has 2 aliphatic rings. The number of nitrogens with zero attached hydrogens (tertiary/aromatic N) is 5. The van der Waals surface area contributed by atoms with Gasteiger partial charge >= 0.3 is 0 Å². The van der Waals surface area contributed by atoms with E-state index in [0.717, 1.165) is 37.2 Å². The lowest BCUT2D eigenvalue weighted by molar-refractivity contribution is 0.258. The molecule has 0 aliphatic carbocycles. The molecular weight excluding hydrogens is 566 g/mol. The summed E-state index contributed by atoms with van der Waals surface area (Å²) in [6, 6.07) is 32.8. The second-order valence-corrected chi connectivity index (χ2v) is 13.1. The summed E-state index contributed by atoms with van der Waals surface area (Å²) in [4.78, 5) is 4.63.